The molecule has 0 aromatic rings. The molecule has 0 radical (unpaired) electrons. The molecule has 0 aliphatic carbocycles. The van der Waals surface area contributed by atoms with E-state index in [0.29, 0.717) is 6.04 Å². The van der Waals surface area contributed by atoms with Gasteiger partial charge in [-0.3, -0.25) is 0 Å². The van der Waals surface area contributed by atoms with Crippen LogP contribution in [0.1, 0.15) is 310 Å². The molecule has 0 amide bonds. The van der Waals surface area contributed by atoms with Crippen molar-refractivity contribution in [3.8, 4) is 0 Å². The quantitative estimate of drug-likeness (QED) is 0.0456. The van der Waals surface area contributed by atoms with E-state index in [1.807, 2.05) is 0 Å². The van der Waals surface area contributed by atoms with E-state index >= 15 is 0 Å². The Morgan fingerprint density at radius 2 is 0.554 bits per heavy atom. The smallest absolute Gasteiger partial charge is 0.550 e. The molecular weight excluding hydrogens is 678 g/mol. The molecule has 0 saturated heterocycles. The summed E-state index contributed by atoms with van der Waals surface area (Å²) in [7, 11) is 0. The van der Waals surface area contributed by atoms with Crippen molar-refractivity contribution in [1.29, 1.82) is 0 Å². The topological polar surface area (TPSA) is 43.4 Å². The maximum atomic E-state index is 11.0. The summed E-state index contributed by atoms with van der Waals surface area (Å²) in [6.45, 7) is 9.30. The fourth-order valence-corrected chi connectivity index (χ4v) is 8.77. The number of carbonyl (C=O) groups is 1. The SMILES string of the molecule is CCCCCCCCCCCCCCCCCCCCCCCN(CCCCCCCCCCCCCCCCCCCCCCC)C(C)CCCC(=O)[O-].[Li+]. The standard InChI is InChI=1S/C52H105NO2.Li/c1-4-6-8-10-12-14-16-18-20-22-24-26-28-30-32-34-36-38-40-42-44-49-53(51(3)47-46-48-52(54)55)50-45-43-41-39-37-35-33-31-29-27-25-23-21-19-17-15-13-11-9-7-5-2;/h51H,4-50H2,1-3H3,(H,54,55);/q;+1/p-1. The van der Waals surface area contributed by atoms with Crippen molar-refractivity contribution in [1.82, 2.24) is 4.90 Å². The maximum absolute atomic E-state index is 11.0. The molecule has 0 aromatic carbocycles. The van der Waals surface area contributed by atoms with Gasteiger partial charge >= 0.3 is 18.9 Å². The van der Waals surface area contributed by atoms with Gasteiger partial charge in [0.25, 0.3) is 0 Å². The van der Waals surface area contributed by atoms with Gasteiger partial charge in [0.15, 0.2) is 0 Å². The normalized spacial score (nSPS) is 12.1. The molecule has 0 fully saturated rings. The zero-order chi connectivity index (χ0) is 40.0. The molecule has 330 valence electrons. The number of unbranched alkanes of at least 4 members (excludes halogenated alkanes) is 40. The third kappa shape index (κ3) is 48.4. The zero-order valence-corrected chi connectivity index (χ0v) is 39.6. The molecule has 0 spiro atoms. The zero-order valence-electron chi connectivity index (χ0n) is 39.6. The van der Waals surface area contributed by atoms with Gasteiger partial charge < -0.3 is 14.8 Å². The Labute approximate surface area is 366 Å². The van der Waals surface area contributed by atoms with E-state index < -0.39 is 5.97 Å². The Balaban J connectivity index is 0. The van der Waals surface area contributed by atoms with Crippen LogP contribution < -0.4 is 24.0 Å². The van der Waals surface area contributed by atoms with E-state index in [9.17, 15) is 9.90 Å². The number of aliphatic carboxylic acids is 1. The van der Waals surface area contributed by atoms with Crippen molar-refractivity contribution in [3.63, 3.8) is 0 Å². The number of carboxylic acids is 1. The van der Waals surface area contributed by atoms with Crippen LogP contribution >= 0.6 is 0 Å². The second-order valence-electron chi connectivity index (χ2n) is 18.3. The number of hydrogen-bond donors (Lipinski definition) is 0. The molecule has 0 aromatic heterocycles. The largest absolute Gasteiger partial charge is 1.00 e. The fourth-order valence-electron chi connectivity index (χ4n) is 8.77. The number of nitrogens with zero attached hydrogens (tertiary/aromatic N) is 1. The molecular formula is C52H104LiNO2. The molecule has 4 heteroatoms. The molecule has 0 aliphatic heterocycles. The predicted molar refractivity (Wildman–Crippen MR) is 245 cm³/mol. The van der Waals surface area contributed by atoms with Crippen LogP contribution in [0, 0.1) is 0 Å². The van der Waals surface area contributed by atoms with E-state index in [2.05, 4.69) is 25.7 Å². The van der Waals surface area contributed by atoms with E-state index in [-0.39, 0.29) is 25.3 Å². The van der Waals surface area contributed by atoms with Crippen molar-refractivity contribution >= 4 is 5.97 Å². The summed E-state index contributed by atoms with van der Waals surface area (Å²) in [6, 6.07) is 0.481. The molecule has 0 aliphatic rings. The minimum Gasteiger partial charge on any atom is -0.550 e. The average Bonchev–Trinajstić information content (AvgIpc) is 3.18. The van der Waals surface area contributed by atoms with Crippen molar-refractivity contribution in [2.24, 2.45) is 0 Å². The number of carbonyl (C=O) groups excluding carboxylic acids is 1. The van der Waals surface area contributed by atoms with Gasteiger partial charge in [-0.05, 0) is 52.1 Å². The Morgan fingerprint density at radius 1 is 0.357 bits per heavy atom. The summed E-state index contributed by atoms with van der Waals surface area (Å²) in [5.74, 6) is -0.896. The van der Waals surface area contributed by atoms with E-state index in [0.717, 1.165) is 12.8 Å². The van der Waals surface area contributed by atoms with E-state index in [4.69, 9.17) is 0 Å². The summed E-state index contributed by atoms with van der Waals surface area (Å²) >= 11 is 0. The Hall–Kier alpha value is 0.0274. The van der Waals surface area contributed by atoms with Gasteiger partial charge in [0.05, 0.1) is 0 Å². The van der Waals surface area contributed by atoms with Crippen LogP contribution in [0.4, 0.5) is 0 Å². The summed E-state index contributed by atoms with van der Waals surface area (Å²) < 4.78 is 0. The van der Waals surface area contributed by atoms with Gasteiger partial charge in [0.1, 0.15) is 0 Å². The van der Waals surface area contributed by atoms with Crippen molar-refractivity contribution < 1.29 is 28.8 Å². The van der Waals surface area contributed by atoms with Gasteiger partial charge in [-0.2, -0.15) is 0 Å². The molecule has 0 N–H and O–H groups in total. The molecule has 3 nitrogen and oxygen atoms in total. The van der Waals surface area contributed by atoms with Crippen molar-refractivity contribution in [2.75, 3.05) is 13.1 Å². The van der Waals surface area contributed by atoms with E-state index in [1.54, 1.807) is 0 Å². The molecule has 0 rings (SSSR count). The van der Waals surface area contributed by atoms with Gasteiger partial charge in [-0.15, -0.1) is 0 Å². The van der Waals surface area contributed by atoms with Crippen LogP contribution in [0.5, 0.6) is 0 Å². The average molecular weight is 782 g/mol. The minimum absolute atomic E-state index is 0. The molecule has 0 saturated carbocycles. The minimum atomic E-state index is -0.896. The van der Waals surface area contributed by atoms with Crippen LogP contribution in [-0.4, -0.2) is 30.0 Å². The first kappa shape index (κ1) is 58.1. The summed E-state index contributed by atoms with van der Waals surface area (Å²) in [6.07, 6.45) is 62.0. The van der Waals surface area contributed by atoms with Crippen LogP contribution in [-0.2, 0) is 4.79 Å². The molecule has 0 bridgehead atoms. The van der Waals surface area contributed by atoms with Crippen LogP contribution in [0.15, 0.2) is 0 Å². The fraction of sp³-hybridized carbons (Fsp3) is 0.981. The first-order valence-corrected chi connectivity index (χ1v) is 26.1. The van der Waals surface area contributed by atoms with Gasteiger partial charge in [-0.25, -0.2) is 0 Å². The summed E-state index contributed by atoms with van der Waals surface area (Å²) in [5, 5.41) is 11.0. The van der Waals surface area contributed by atoms with Gasteiger partial charge in [0, 0.05) is 12.0 Å². The first-order chi connectivity index (χ1) is 27.1. The monoisotopic (exact) mass is 782 g/mol. The Morgan fingerprint density at radius 3 is 0.750 bits per heavy atom. The third-order valence-electron chi connectivity index (χ3n) is 12.7. The number of carboxylic acid groups (broad SMARTS) is 1. The second kappa shape index (κ2) is 51.2. The Kier molecular flexibility index (Phi) is 53.1. The Bertz CT molecular complexity index is 671. The molecule has 1 atom stereocenters. The molecule has 1 unspecified atom stereocenters. The van der Waals surface area contributed by atoms with Crippen molar-refractivity contribution in [3.05, 3.63) is 0 Å². The first-order valence-electron chi connectivity index (χ1n) is 26.1. The maximum Gasteiger partial charge on any atom is 1.00 e. The predicted octanol–water partition coefficient (Wildman–Crippen LogP) is 14.0. The third-order valence-corrected chi connectivity index (χ3v) is 12.7. The van der Waals surface area contributed by atoms with Crippen LogP contribution in [0.2, 0.25) is 0 Å². The van der Waals surface area contributed by atoms with E-state index in [1.165, 1.54) is 283 Å². The van der Waals surface area contributed by atoms with Gasteiger partial charge in [0.2, 0.25) is 0 Å². The molecule has 56 heavy (non-hydrogen) atoms. The van der Waals surface area contributed by atoms with Gasteiger partial charge in [-0.1, -0.05) is 271 Å². The summed E-state index contributed by atoms with van der Waals surface area (Å²) in [4.78, 5) is 13.7. The van der Waals surface area contributed by atoms with Crippen LogP contribution in [0.25, 0.3) is 0 Å². The second-order valence-corrected chi connectivity index (χ2v) is 18.3. The summed E-state index contributed by atoms with van der Waals surface area (Å²) in [5.41, 5.74) is 0. The number of rotatable bonds is 49. The number of hydrogen-bond acceptors (Lipinski definition) is 3. The molecule has 0 heterocycles. The van der Waals surface area contributed by atoms with Crippen LogP contribution in [0.3, 0.4) is 0 Å². The van der Waals surface area contributed by atoms with Crippen molar-refractivity contribution in [2.45, 2.75) is 316 Å².